The fraction of sp³-hybridized carbons (Fsp3) is 0.100. The lowest BCUT2D eigenvalue weighted by Crippen LogP contribution is -1.84. The maximum absolute atomic E-state index is 9.53. The van der Waals surface area contributed by atoms with Gasteiger partial charge in [-0.2, -0.15) is 5.26 Å². The first-order valence-corrected chi connectivity index (χ1v) is 3.71. The Kier molecular flexibility index (Phi) is 2.93. The summed E-state index contributed by atoms with van der Waals surface area (Å²) in [6.45, 7) is 0. The van der Waals surface area contributed by atoms with Crippen LogP contribution in [0.2, 0.25) is 0 Å². The van der Waals surface area contributed by atoms with E-state index in [1.54, 1.807) is 18.2 Å². The molecule has 3 nitrogen and oxygen atoms in total. The summed E-state index contributed by atoms with van der Waals surface area (Å²) in [6.07, 6.45) is 2.83. The van der Waals surface area contributed by atoms with Crippen molar-refractivity contribution in [2.24, 2.45) is 0 Å². The van der Waals surface area contributed by atoms with Crippen LogP contribution < -0.4 is 4.74 Å². The van der Waals surface area contributed by atoms with Crippen LogP contribution in [0.4, 0.5) is 0 Å². The standard InChI is InChI=1S/C10H9NO2/c1-13-9-6-2-4-8(10(9)12)5-3-7-11/h2-6,12H,1H3/b5-3+. The second-order valence-electron chi connectivity index (χ2n) is 2.36. The van der Waals surface area contributed by atoms with Gasteiger partial charge in [-0.25, -0.2) is 0 Å². The lowest BCUT2D eigenvalue weighted by molar-refractivity contribution is 0.373. The predicted molar refractivity (Wildman–Crippen MR) is 49.3 cm³/mol. The normalized spacial score (nSPS) is 9.85. The Morgan fingerprint density at radius 2 is 2.31 bits per heavy atom. The van der Waals surface area contributed by atoms with Gasteiger partial charge in [0.2, 0.25) is 0 Å². The van der Waals surface area contributed by atoms with Gasteiger partial charge in [-0.05, 0) is 12.1 Å². The van der Waals surface area contributed by atoms with Gasteiger partial charge >= 0.3 is 0 Å². The maximum Gasteiger partial charge on any atom is 0.165 e. The van der Waals surface area contributed by atoms with Gasteiger partial charge in [0.15, 0.2) is 11.5 Å². The molecule has 0 heterocycles. The van der Waals surface area contributed by atoms with Crippen LogP contribution in [0.25, 0.3) is 6.08 Å². The number of para-hydroxylation sites is 1. The lowest BCUT2D eigenvalue weighted by Gasteiger charge is -2.04. The third-order valence-corrected chi connectivity index (χ3v) is 1.59. The van der Waals surface area contributed by atoms with Crippen molar-refractivity contribution in [1.29, 1.82) is 5.26 Å². The Labute approximate surface area is 76.5 Å². The van der Waals surface area contributed by atoms with Gasteiger partial charge in [0.25, 0.3) is 0 Å². The van der Waals surface area contributed by atoms with Gasteiger partial charge < -0.3 is 9.84 Å². The zero-order chi connectivity index (χ0) is 9.68. The van der Waals surface area contributed by atoms with Crippen LogP contribution in [-0.2, 0) is 0 Å². The third-order valence-electron chi connectivity index (χ3n) is 1.59. The van der Waals surface area contributed by atoms with Crippen molar-refractivity contribution in [3.05, 3.63) is 29.8 Å². The quantitative estimate of drug-likeness (QED) is 0.699. The molecule has 0 unspecified atom stereocenters. The van der Waals surface area contributed by atoms with E-state index in [9.17, 15) is 5.11 Å². The summed E-state index contributed by atoms with van der Waals surface area (Å²) in [5.41, 5.74) is 0.570. The molecule has 0 saturated carbocycles. The molecule has 1 aromatic carbocycles. The number of methoxy groups -OCH3 is 1. The molecule has 1 N–H and O–H groups in total. The van der Waals surface area contributed by atoms with Crippen molar-refractivity contribution in [2.75, 3.05) is 7.11 Å². The number of phenolic OH excluding ortho intramolecular Hbond substituents is 1. The number of hydrogen-bond donors (Lipinski definition) is 1. The zero-order valence-electron chi connectivity index (χ0n) is 7.19. The minimum atomic E-state index is 0.0523. The molecule has 3 heteroatoms. The predicted octanol–water partition coefficient (Wildman–Crippen LogP) is 1.94. The molecule has 0 aromatic heterocycles. The van der Waals surface area contributed by atoms with E-state index in [4.69, 9.17) is 10.00 Å². The molecule has 0 fully saturated rings. The first-order chi connectivity index (χ1) is 6.29. The van der Waals surface area contributed by atoms with Crippen LogP contribution in [0.3, 0.4) is 0 Å². The van der Waals surface area contributed by atoms with E-state index < -0.39 is 0 Å². The number of rotatable bonds is 2. The van der Waals surface area contributed by atoms with Crippen LogP contribution in [0.1, 0.15) is 5.56 Å². The van der Waals surface area contributed by atoms with E-state index >= 15 is 0 Å². The summed E-state index contributed by atoms with van der Waals surface area (Å²) in [6, 6.07) is 6.95. The Morgan fingerprint density at radius 3 is 2.92 bits per heavy atom. The van der Waals surface area contributed by atoms with E-state index in [-0.39, 0.29) is 5.75 Å². The van der Waals surface area contributed by atoms with E-state index in [1.165, 1.54) is 19.3 Å². The van der Waals surface area contributed by atoms with Gasteiger partial charge in [0.05, 0.1) is 13.2 Å². The van der Waals surface area contributed by atoms with Crippen LogP contribution in [0.15, 0.2) is 24.3 Å². The minimum Gasteiger partial charge on any atom is -0.504 e. The number of allylic oxidation sites excluding steroid dienone is 1. The number of nitriles is 1. The summed E-state index contributed by atoms with van der Waals surface area (Å²) in [4.78, 5) is 0. The summed E-state index contributed by atoms with van der Waals surface area (Å²) in [5, 5.41) is 17.8. The van der Waals surface area contributed by atoms with Gasteiger partial charge in [-0.15, -0.1) is 0 Å². The summed E-state index contributed by atoms with van der Waals surface area (Å²) >= 11 is 0. The van der Waals surface area contributed by atoms with E-state index in [1.807, 2.05) is 6.07 Å². The van der Waals surface area contributed by atoms with E-state index in [2.05, 4.69) is 0 Å². The molecule has 1 aromatic rings. The van der Waals surface area contributed by atoms with Gasteiger partial charge in [0.1, 0.15) is 0 Å². The van der Waals surface area contributed by atoms with Gasteiger partial charge in [-0.1, -0.05) is 12.1 Å². The summed E-state index contributed by atoms with van der Waals surface area (Å²) < 4.78 is 4.90. The maximum atomic E-state index is 9.53. The van der Waals surface area contributed by atoms with Crippen LogP contribution in [0, 0.1) is 11.3 Å². The van der Waals surface area contributed by atoms with Crippen LogP contribution in [-0.4, -0.2) is 12.2 Å². The molecule has 0 spiro atoms. The highest BCUT2D eigenvalue weighted by atomic mass is 16.5. The van der Waals surface area contributed by atoms with E-state index in [0.717, 1.165) is 0 Å². The van der Waals surface area contributed by atoms with Crippen molar-refractivity contribution in [3.8, 4) is 17.6 Å². The fourth-order valence-electron chi connectivity index (χ4n) is 0.966. The molecule has 66 valence electrons. The third kappa shape index (κ3) is 2.00. The molecule has 0 bridgehead atoms. The van der Waals surface area contributed by atoms with Crippen LogP contribution >= 0.6 is 0 Å². The molecule has 0 atom stereocenters. The molecule has 13 heavy (non-hydrogen) atoms. The average molecular weight is 175 g/mol. The second-order valence-corrected chi connectivity index (χ2v) is 2.36. The largest absolute Gasteiger partial charge is 0.504 e. The highest BCUT2D eigenvalue weighted by molar-refractivity contribution is 5.62. The number of phenols is 1. The van der Waals surface area contributed by atoms with Gasteiger partial charge in [-0.3, -0.25) is 0 Å². The number of ether oxygens (including phenoxy) is 1. The molecule has 0 aliphatic rings. The van der Waals surface area contributed by atoms with Crippen molar-refractivity contribution >= 4 is 6.08 Å². The summed E-state index contributed by atoms with van der Waals surface area (Å²) in [5.74, 6) is 0.455. The topological polar surface area (TPSA) is 53.2 Å². The molecule has 0 aliphatic heterocycles. The first kappa shape index (κ1) is 9.14. The average Bonchev–Trinajstić information content (AvgIpc) is 2.16. The molecule has 0 radical (unpaired) electrons. The Bertz CT molecular complexity index is 364. The molecule has 0 aliphatic carbocycles. The zero-order valence-corrected chi connectivity index (χ0v) is 7.19. The molecule has 0 saturated heterocycles. The lowest BCUT2D eigenvalue weighted by atomic mass is 10.2. The SMILES string of the molecule is COc1cccc(/C=C/C#N)c1O. The smallest absolute Gasteiger partial charge is 0.165 e. The highest BCUT2D eigenvalue weighted by Gasteiger charge is 2.03. The monoisotopic (exact) mass is 175 g/mol. The Balaban J connectivity index is 3.10. The summed E-state index contributed by atoms with van der Waals surface area (Å²) in [7, 11) is 1.48. The first-order valence-electron chi connectivity index (χ1n) is 3.71. The number of hydrogen-bond acceptors (Lipinski definition) is 3. The highest BCUT2D eigenvalue weighted by Crippen LogP contribution is 2.29. The fourth-order valence-corrected chi connectivity index (χ4v) is 0.966. The molecular formula is C10H9NO2. The van der Waals surface area contributed by atoms with Crippen molar-refractivity contribution in [1.82, 2.24) is 0 Å². The number of aromatic hydroxyl groups is 1. The number of benzene rings is 1. The minimum absolute atomic E-state index is 0.0523. The van der Waals surface area contributed by atoms with Crippen molar-refractivity contribution in [2.45, 2.75) is 0 Å². The molecule has 0 amide bonds. The Hall–Kier alpha value is -1.95. The van der Waals surface area contributed by atoms with Crippen molar-refractivity contribution < 1.29 is 9.84 Å². The van der Waals surface area contributed by atoms with E-state index in [0.29, 0.717) is 11.3 Å². The van der Waals surface area contributed by atoms with Crippen LogP contribution in [0.5, 0.6) is 11.5 Å². The number of nitrogens with zero attached hydrogens (tertiary/aromatic N) is 1. The van der Waals surface area contributed by atoms with Gasteiger partial charge in [0, 0.05) is 11.6 Å². The second kappa shape index (κ2) is 4.17. The molecule has 1 rings (SSSR count). The Morgan fingerprint density at radius 1 is 1.54 bits per heavy atom. The molecular weight excluding hydrogens is 166 g/mol. The van der Waals surface area contributed by atoms with Crippen molar-refractivity contribution in [3.63, 3.8) is 0 Å².